The molecule has 26 heavy (non-hydrogen) atoms. The minimum absolute atomic E-state index is 0.0356. The SMILES string of the molecule is COc1ccccc1C(=O)N1CCC(c2nn(C)c3ncccc23)CC1. The second-order valence-electron chi connectivity index (χ2n) is 6.65. The maximum Gasteiger partial charge on any atom is 0.257 e. The number of piperidine rings is 1. The molecular formula is C20H22N4O2. The first-order chi connectivity index (χ1) is 12.7. The van der Waals surface area contributed by atoms with Gasteiger partial charge in [-0.2, -0.15) is 5.10 Å². The molecule has 1 aliphatic heterocycles. The van der Waals surface area contributed by atoms with Crippen LogP contribution >= 0.6 is 0 Å². The number of benzene rings is 1. The van der Waals surface area contributed by atoms with Crippen LogP contribution in [0.25, 0.3) is 11.0 Å². The van der Waals surface area contributed by atoms with Crippen LogP contribution in [-0.2, 0) is 7.05 Å². The molecule has 4 rings (SSSR count). The average Bonchev–Trinajstić information content (AvgIpc) is 3.04. The third-order valence-electron chi connectivity index (χ3n) is 5.13. The van der Waals surface area contributed by atoms with Gasteiger partial charge in [0.2, 0.25) is 0 Å². The fourth-order valence-corrected chi connectivity index (χ4v) is 3.77. The third-order valence-corrected chi connectivity index (χ3v) is 5.13. The van der Waals surface area contributed by atoms with Crippen LogP contribution in [0.5, 0.6) is 5.75 Å². The van der Waals surface area contributed by atoms with E-state index >= 15 is 0 Å². The normalized spacial score (nSPS) is 15.4. The number of amides is 1. The lowest BCUT2D eigenvalue weighted by molar-refractivity contribution is 0.0709. The van der Waals surface area contributed by atoms with E-state index in [-0.39, 0.29) is 5.91 Å². The van der Waals surface area contributed by atoms with E-state index in [2.05, 4.69) is 11.1 Å². The van der Waals surface area contributed by atoms with E-state index in [4.69, 9.17) is 9.84 Å². The van der Waals surface area contributed by atoms with Gasteiger partial charge < -0.3 is 9.64 Å². The number of hydrogen-bond acceptors (Lipinski definition) is 4. The highest BCUT2D eigenvalue weighted by atomic mass is 16.5. The Kier molecular flexibility index (Phi) is 4.32. The van der Waals surface area contributed by atoms with Crippen LogP contribution in [0.3, 0.4) is 0 Å². The highest BCUT2D eigenvalue weighted by molar-refractivity contribution is 5.97. The van der Waals surface area contributed by atoms with Crippen LogP contribution in [0, 0.1) is 0 Å². The lowest BCUT2D eigenvalue weighted by atomic mass is 9.91. The van der Waals surface area contributed by atoms with Crippen LogP contribution in [0.4, 0.5) is 0 Å². The van der Waals surface area contributed by atoms with Crippen molar-refractivity contribution in [3.8, 4) is 5.75 Å². The molecule has 1 fully saturated rings. The van der Waals surface area contributed by atoms with Crippen molar-refractivity contribution in [3.05, 3.63) is 53.9 Å². The lowest BCUT2D eigenvalue weighted by Crippen LogP contribution is -2.38. The number of aryl methyl sites for hydroxylation is 1. The molecule has 1 aliphatic rings. The van der Waals surface area contributed by atoms with Crippen molar-refractivity contribution in [2.45, 2.75) is 18.8 Å². The number of hydrogen-bond donors (Lipinski definition) is 0. The molecule has 1 saturated heterocycles. The molecule has 134 valence electrons. The number of pyridine rings is 1. The summed E-state index contributed by atoms with van der Waals surface area (Å²) in [5.41, 5.74) is 2.64. The topological polar surface area (TPSA) is 60.2 Å². The van der Waals surface area contributed by atoms with Crippen LogP contribution in [0.15, 0.2) is 42.6 Å². The minimum Gasteiger partial charge on any atom is -0.496 e. The number of aromatic nitrogens is 3. The molecule has 0 saturated carbocycles. The van der Waals surface area contributed by atoms with Gasteiger partial charge in [0.25, 0.3) is 5.91 Å². The first-order valence-electron chi connectivity index (χ1n) is 8.89. The lowest BCUT2D eigenvalue weighted by Gasteiger charge is -2.31. The summed E-state index contributed by atoms with van der Waals surface area (Å²) in [6.07, 6.45) is 3.60. The summed E-state index contributed by atoms with van der Waals surface area (Å²) < 4.78 is 7.18. The summed E-state index contributed by atoms with van der Waals surface area (Å²) in [7, 11) is 3.53. The summed E-state index contributed by atoms with van der Waals surface area (Å²) >= 11 is 0. The number of methoxy groups -OCH3 is 1. The van der Waals surface area contributed by atoms with E-state index in [0.29, 0.717) is 17.2 Å². The van der Waals surface area contributed by atoms with E-state index in [1.165, 1.54) is 0 Å². The molecule has 0 aliphatic carbocycles. The Morgan fingerprint density at radius 2 is 1.92 bits per heavy atom. The predicted molar refractivity (Wildman–Crippen MR) is 99.4 cm³/mol. The number of carbonyl (C=O) groups excluding carboxylic acids is 1. The van der Waals surface area contributed by atoms with Gasteiger partial charge in [-0.1, -0.05) is 12.1 Å². The van der Waals surface area contributed by atoms with Crippen molar-refractivity contribution < 1.29 is 9.53 Å². The monoisotopic (exact) mass is 350 g/mol. The Hall–Kier alpha value is -2.89. The Labute approximate surface area is 152 Å². The van der Waals surface area contributed by atoms with Gasteiger partial charge in [-0.25, -0.2) is 4.98 Å². The summed E-state index contributed by atoms with van der Waals surface area (Å²) in [5, 5.41) is 5.81. The largest absolute Gasteiger partial charge is 0.496 e. The molecule has 1 amide bonds. The molecule has 0 spiro atoms. The Bertz CT molecular complexity index is 942. The molecule has 3 heterocycles. The first-order valence-corrected chi connectivity index (χ1v) is 8.89. The van der Waals surface area contributed by atoms with Crippen LogP contribution in [0.2, 0.25) is 0 Å². The highest BCUT2D eigenvalue weighted by Crippen LogP contribution is 2.32. The van der Waals surface area contributed by atoms with E-state index in [1.54, 1.807) is 13.3 Å². The smallest absolute Gasteiger partial charge is 0.257 e. The van der Waals surface area contributed by atoms with Gasteiger partial charge >= 0.3 is 0 Å². The number of likely N-dealkylation sites (tertiary alicyclic amines) is 1. The fourth-order valence-electron chi connectivity index (χ4n) is 3.77. The average molecular weight is 350 g/mol. The Morgan fingerprint density at radius 1 is 1.15 bits per heavy atom. The maximum absolute atomic E-state index is 12.9. The summed E-state index contributed by atoms with van der Waals surface area (Å²) in [6, 6.07) is 11.4. The number of ether oxygens (including phenoxy) is 1. The number of rotatable bonds is 3. The number of carbonyl (C=O) groups is 1. The van der Waals surface area contributed by atoms with E-state index in [1.807, 2.05) is 47.0 Å². The number of nitrogens with zero attached hydrogens (tertiary/aromatic N) is 4. The number of para-hydroxylation sites is 1. The van der Waals surface area contributed by atoms with Crippen molar-refractivity contribution in [2.75, 3.05) is 20.2 Å². The van der Waals surface area contributed by atoms with Crippen molar-refractivity contribution in [2.24, 2.45) is 7.05 Å². The van der Waals surface area contributed by atoms with Gasteiger partial charge in [-0.3, -0.25) is 9.48 Å². The van der Waals surface area contributed by atoms with Crippen LogP contribution in [-0.4, -0.2) is 45.8 Å². The van der Waals surface area contributed by atoms with Gasteiger partial charge in [-0.05, 0) is 37.1 Å². The summed E-state index contributed by atoms with van der Waals surface area (Å²) in [4.78, 5) is 19.2. The predicted octanol–water partition coefficient (Wildman–Crippen LogP) is 3.00. The maximum atomic E-state index is 12.9. The summed E-state index contributed by atoms with van der Waals surface area (Å²) in [6.45, 7) is 1.44. The van der Waals surface area contributed by atoms with Crippen LogP contribution in [0.1, 0.15) is 34.8 Å². The zero-order chi connectivity index (χ0) is 18.1. The van der Waals surface area contributed by atoms with E-state index < -0.39 is 0 Å². The van der Waals surface area contributed by atoms with Gasteiger partial charge in [0.05, 0.1) is 18.4 Å². The van der Waals surface area contributed by atoms with Gasteiger partial charge in [0, 0.05) is 37.6 Å². The number of fused-ring (bicyclic) bond motifs is 1. The Balaban J connectivity index is 1.51. The summed E-state index contributed by atoms with van der Waals surface area (Å²) in [5.74, 6) is 1.01. The molecule has 0 N–H and O–H groups in total. The fraction of sp³-hybridized carbons (Fsp3) is 0.350. The molecular weight excluding hydrogens is 328 g/mol. The van der Waals surface area contributed by atoms with Gasteiger partial charge in [0.1, 0.15) is 5.75 Å². The van der Waals surface area contributed by atoms with Gasteiger partial charge in [-0.15, -0.1) is 0 Å². The second-order valence-corrected chi connectivity index (χ2v) is 6.65. The molecule has 3 aromatic rings. The van der Waals surface area contributed by atoms with Crippen molar-refractivity contribution in [3.63, 3.8) is 0 Å². The molecule has 6 nitrogen and oxygen atoms in total. The van der Waals surface area contributed by atoms with E-state index in [9.17, 15) is 4.79 Å². The standard InChI is InChI=1S/C20H22N4O2/c1-23-19-16(7-5-11-21-19)18(22-23)14-9-12-24(13-10-14)20(25)15-6-3-4-8-17(15)26-2/h3-8,11,14H,9-10,12-13H2,1-2H3. The molecule has 0 radical (unpaired) electrons. The highest BCUT2D eigenvalue weighted by Gasteiger charge is 2.28. The minimum atomic E-state index is 0.0356. The zero-order valence-electron chi connectivity index (χ0n) is 15.1. The molecule has 0 bridgehead atoms. The molecule has 2 aromatic heterocycles. The Morgan fingerprint density at radius 3 is 2.69 bits per heavy atom. The molecule has 6 heteroatoms. The van der Waals surface area contributed by atoms with Crippen LogP contribution < -0.4 is 4.74 Å². The van der Waals surface area contributed by atoms with Gasteiger partial charge in [0.15, 0.2) is 5.65 Å². The quantitative estimate of drug-likeness (QED) is 0.729. The molecule has 1 aromatic carbocycles. The van der Waals surface area contributed by atoms with Crippen molar-refractivity contribution >= 4 is 16.9 Å². The van der Waals surface area contributed by atoms with Crippen molar-refractivity contribution in [1.82, 2.24) is 19.7 Å². The third kappa shape index (κ3) is 2.81. The molecule has 0 atom stereocenters. The molecule has 0 unspecified atom stereocenters. The zero-order valence-corrected chi connectivity index (χ0v) is 15.1. The first kappa shape index (κ1) is 16.6. The van der Waals surface area contributed by atoms with Crippen molar-refractivity contribution in [1.29, 1.82) is 0 Å². The van der Waals surface area contributed by atoms with E-state index in [0.717, 1.165) is 42.7 Å². The second kappa shape index (κ2) is 6.78.